The number of fused-ring (bicyclic) bond motifs is 1. The number of hydrogen-bond donors (Lipinski definition) is 0. The van der Waals surface area contributed by atoms with Gasteiger partial charge in [-0.05, 0) is 31.2 Å². The summed E-state index contributed by atoms with van der Waals surface area (Å²) in [6.45, 7) is 6.03. The number of piperazine rings is 1. The molecule has 0 N–H and O–H groups in total. The number of carbonyl (C=O) groups excluding carboxylic acids is 2. The van der Waals surface area contributed by atoms with Crippen molar-refractivity contribution in [1.29, 1.82) is 0 Å². The summed E-state index contributed by atoms with van der Waals surface area (Å²) in [6, 6.07) is 16.3. The summed E-state index contributed by atoms with van der Waals surface area (Å²) in [7, 11) is 0. The van der Waals surface area contributed by atoms with Crippen molar-refractivity contribution in [2.75, 3.05) is 31.9 Å². The average molecular weight is 409 g/mol. The molecule has 0 spiro atoms. The number of nitrogens with zero attached hydrogens (tertiary/aromatic N) is 4. The van der Waals surface area contributed by atoms with Gasteiger partial charge in [-0.25, -0.2) is 4.98 Å². The van der Waals surface area contributed by atoms with Crippen LogP contribution < -0.4 is 0 Å². The molecule has 0 saturated carbocycles. The standard InChI is InChI=1S/C22H24N4O2S/c1-16-7-9-18(10-8-16)26-20-6-4-3-5-19(20)23-22(26)29-15-21(28)25-13-11-24(12-14-25)17(2)27/h3-10H,11-15H2,1-2H3. The molecule has 2 amide bonds. The van der Waals surface area contributed by atoms with Crippen molar-refractivity contribution in [3.63, 3.8) is 0 Å². The van der Waals surface area contributed by atoms with Gasteiger partial charge in [0.25, 0.3) is 0 Å². The van der Waals surface area contributed by atoms with Crippen molar-refractivity contribution < 1.29 is 9.59 Å². The minimum absolute atomic E-state index is 0.0679. The lowest BCUT2D eigenvalue weighted by Gasteiger charge is -2.34. The average Bonchev–Trinajstić information content (AvgIpc) is 3.11. The van der Waals surface area contributed by atoms with Gasteiger partial charge >= 0.3 is 0 Å². The molecule has 0 aliphatic carbocycles. The van der Waals surface area contributed by atoms with Crippen molar-refractivity contribution in [2.24, 2.45) is 0 Å². The number of aromatic nitrogens is 2. The predicted octanol–water partition coefficient (Wildman–Crippen LogP) is 3.12. The first kappa shape index (κ1) is 19.5. The minimum Gasteiger partial charge on any atom is -0.339 e. The van der Waals surface area contributed by atoms with Gasteiger partial charge in [0, 0.05) is 38.8 Å². The molecule has 1 aliphatic heterocycles. The Kier molecular flexibility index (Phi) is 5.58. The number of aryl methyl sites for hydroxylation is 1. The smallest absolute Gasteiger partial charge is 0.233 e. The zero-order valence-electron chi connectivity index (χ0n) is 16.7. The van der Waals surface area contributed by atoms with Crippen LogP contribution in [0.4, 0.5) is 0 Å². The van der Waals surface area contributed by atoms with Gasteiger partial charge in [0.2, 0.25) is 11.8 Å². The molecule has 2 heterocycles. The maximum Gasteiger partial charge on any atom is 0.233 e. The molecular formula is C22H24N4O2S. The second-order valence-electron chi connectivity index (χ2n) is 7.23. The van der Waals surface area contributed by atoms with Gasteiger partial charge in [-0.3, -0.25) is 14.2 Å². The summed E-state index contributed by atoms with van der Waals surface area (Å²) in [4.78, 5) is 32.6. The highest BCUT2D eigenvalue weighted by molar-refractivity contribution is 7.99. The largest absolute Gasteiger partial charge is 0.339 e. The number of imidazole rings is 1. The van der Waals surface area contributed by atoms with E-state index in [0.29, 0.717) is 31.9 Å². The second kappa shape index (κ2) is 8.29. The minimum atomic E-state index is 0.0679. The van der Waals surface area contributed by atoms with Crippen LogP contribution in [0.25, 0.3) is 16.7 Å². The van der Waals surface area contributed by atoms with E-state index >= 15 is 0 Å². The van der Waals surface area contributed by atoms with E-state index in [1.807, 2.05) is 23.1 Å². The molecule has 150 valence electrons. The molecule has 2 aromatic carbocycles. The Bertz CT molecular complexity index is 1040. The van der Waals surface area contributed by atoms with Crippen molar-refractivity contribution in [1.82, 2.24) is 19.4 Å². The molecule has 1 aliphatic rings. The van der Waals surface area contributed by atoms with Crippen LogP contribution in [0.3, 0.4) is 0 Å². The van der Waals surface area contributed by atoms with Gasteiger partial charge in [0.1, 0.15) is 0 Å². The van der Waals surface area contributed by atoms with Crippen LogP contribution in [-0.4, -0.2) is 63.1 Å². The number of amides is 2. The highest BCUT2D eigenvalue weighted by atomic mass is 32.2. The molecule has 0 radical (unpaired) electrons. The fourth-order valence-electron chi connectivity index (χ4n) is 3.53. The fourth-order valence-corrected chi connectivity index (χ4v) is 4.46. The Hall–Kier alpha value is -2.80. The van der Waals surface area contributed by atoms with Crippen molar-refractivity contribution in [3.05, 3.63) is 54.1 Å². The number of rotatable bonds is 4. The van der Waals surface area contributed by atoms with Crippen molar-refractivity contribution in [2.45, 2.75) is 19.0 Å². The van der Waals surface area contributed by atoms with Crippen molar-refractivity contribution >= 4 is 34.6 Å². The van der Waals surface area contributed by atoms with Crippen molar-refractivity contribution in [3.8, 4) is 5.69 Å². The Labute approximate surface area is 174 Å². The molecule has 1 saturated heterocycles. The first-order valence-corrected chi connectivity index (χ1v) is 10.7. The van der Waals surface area contributed by atoms with Crippen LogP contribution in [0.2, 0.25) is 0 Å². The number of hydrogen-bond acceptors (Lipinski definition) is 4. The third-order valence-corrected chi connectivity index (χ3v) is 6.15. The molecule has 4 rings (SSSR count). The number of thioether (sulfide) groups is 1. The lowest BCUT2D eigenvalue weighted by molar-refractivity contribution is -0.136. The molecular weight excluding hydrogens is 384 g/mol. The summed E-state index contributed by atoms with van der Waals surface area (Å²) < 4.78 is 2.11. The molecule has 1 fully saturated rings. The summed E-state index contributed by atoms with van der Waals surface area (Å²) in [5.41, 5.74) is 4.18. The normalized spacial score (nSPS) is 14.4. The zero-order chi connectivity index (χ0) is 20.4. The van der Waals surface area contributed by atoms with E-state index in [9.17, 15) is 9.59 Å². The van der Waals surface area contributed by atoms with Gasteiger partial charge < -0.3 is 9.80 Å². The molecule has 6 nitrogen and oxygen atoms in total. The summed E-state index contributed by atoms with van der Waals surface area (Å²) >= 11 is 1.46. The molecule has 0 unspecified atom stereocenters. The maximum absolute atomic E-state index is 12.7. The van der Waals surface area contributed by atoms with Gasteiger partial charge in [-0.2, -0.15) is 0 Å². The number of benzene rings is 2. The number of para-hydroxylation sites is 2. The highest BCUT2D eigenvalue weighted by Gasteiger charge is 2.23. The topological polar surface area (TPSA) is 58.4 Å². The summed E-state index contributed by atoms with van der Waals surface area (Å²) in [5, 5.41) is 0.811. The fraction of sp³-hybridized carbons (Fsp3) is 0.318. The molecule has 7 heteroatoms. The molecule has 1 aromatic heterocycles. The molecule has 0 bridgehead atoms. The van der Waals surface area contributed by atoms with E-state index in [4.69, 9.17) is 4.98 Å². The molecule has 3 aromatic rings. The maximum atomic E-state index is 12.7. The van der Waals surface area contributed by atoms with Gasteiger partial charge in [0.15, 0.2) is 5.16 Å². The van der Waals surface area contributed by atoms with Crippen LogP contribution in [0.1, 0.15) is 12.5 Å². The monoisotopic (exact) mass is 408 g/mol. The van der Waals surface area contributed by atoms with Crippen LogP contribution in [0.15, 0.2) is 53.7 Å². The first-order valence-electron chi connectivity index (χ1n) is 9.73. The van der Waals surface area contributed by atoms with Crippen LogP contribution in [0.5, 0.6) is 0 Å². The Morgan fingerprint density at radius 3 is 2.31 bits per heavy atom. The Balaban J connectivity index is 1.52. The van der Waals surface area contributed by atoms with E-state index < -0.39 is 0 Å². The highest BCUT2D eigenvalue weighted by Crippen LogP contribution is 2.28. The Morgan fingerprint density at radius 2 is 1.62 bits per heavy atom. The van der Waals surface area contributed by atoms with E-state index in [0.717, 1.165) is 21.9 Å². The van der Waals surface area contributed by atoms with E-state index in [1.54, 1.807) is 11.8 Å². The SMILES string of the molecule is CC(=O)N1CCN(C(=O)CSc2nc3ccccc3n2-c2ccc(C)cc2)CC1. The van der Waals surface area contributed by atoms with Gasteiger partial charge in [0.05, 0.1) is 16.8 Å². The lowest BCUT2D eigenvalue weighted by atomic mass is 10.2. The van der Waals surface area contributed by atoms with Gasteiger partial charge in [-0.15, -0.1) is 0 Å². The van der Waals surface area contributed by atoms with E-state index in [1.165, 1.54) is 17.3 Å². The predicted molar refractivity (Wildman–Crippen MR) is 115 cm³/mol. The second-order valence-corrected chi connectivity index (χ2v) is 8.17. The van der Waals surface area contributed by atoms with E-state index in [2.05, 4.69) is 41.8 Å². The Morgan fingerprint density at radius 1 is 0.966 bits per heavy atom. The van der Waals surface area contributed by atoms with E-state index in [-0.39, 0.29) is 11.8 Å². The molecule has 0 atom stereocenters. The van der Waals surface area contributed by atoms with Crippen LogP contribution in [-0.2, 0) is 9.59 Å². The lowest BCUT2D eigenvalue weighted by Crippen LogP contribution is -2.50. The zero-order valence-corrected chi connectivity index (χ0v) is 17.5. The van der Waals surface area contributed by atoms with Gasteiger partial charge in [-0.1, -0.05) is 41.6 Å². The van der Waals surface area contributed by atoms with Crippen LogP contribution in [0, 0.1) is 6.92 Å². The number of carbonyl (C=O) groups is 2. The summed E-state index contributed by atoms with van der Waals surface area (Å²) in [6.07, 6.45) is 0. The molecule has 29 heavy (non-hydrogen) atoms. The first-order chi connectivity index (χ1) is 14.0. The quantitative estimate of drug-likeness (QED) is 0.623. The third-order valence-electron chi connectivity index (χ3n) is 5.22. The third kappa shape index (κ3) is 4.15. The van der Waals surface area contributed by atoms with Crippen LogP contribution >= 0.6 is 11.8 Å². The summed E-state index contributed by atoms with van der Waals surface area (Å²) in [5.74, 6) is 0.480.